The van der Waals surface area contributed by atoms with Crippen LogP contribution in [0.4, 0.5) is 14.6 Å². The molecule has 2 atom stereocenters. The number of hydrogen-bond acceptors (Lipinski definition) is 4. The van der Waals surface area contributed by atoms with E-state index in [9.17, 15) is 13.6 Å². The van der Waals surface area contributed by atoms with Crippen LogP contribution in [0.3, 0.4) is 0 Å². The number of morpholine rings is 1. The number of rotatable bonds is 4. The van der Waals surface area contributed by atoms with E-state index >= 15 is 0 Å². The van der Waals surface area contributed by atoms with Crippen LogP contribution in [0.15, 0.2) is 24.4 Å². The van der Waals surface area contributed by atoms with E-state index in [2.05, 4.69) is 15.2 Å². The molecule has 144 valence electrons. The molecule has 1 N–H and O–H groups in total. The minimum Gasteiger partial charge on any atom is -0.379 e. The number of imidazole rings is 1. The number of aryl methyl sites for hydroxylation is 1. The zero-order valence-electron chi connectivity index (χ0n) is 15.1. The fourth-order valence-corrected chi connectivity index (χ4v) is 3.81. The third-order valence-electron chi connectivity index (χ3n) is 5.28. The van der Waals surface area contributed by atoms with Gasteiger partial charge in [0.2, 0.25) is 5.91 Å². The maximum Gasteiger partial charge on any atom is 0.242 e. The molecule has 2 aromatic rings. The van der Waals surface area contributed by atoms with Gasteiger partial charge in [-0.3, -0.25) is 9.69 Å². The average Bonchev–Trinajstić information content (AvgIpc) is 3.21. The third kappa shape index (κ3) is 3.72. The topological polar surface area (TPSA) is 59.4 Å². The van der Waals surface area contributed by atoms with Crippen LogP contribution in [-0.4, -0.2) is 52.7 Å². The Morgan fingerprint density at radius 2 is 1.96 bits per heavy atom. The first-order valence-electron chi connectivity index (χ1n) is 9.17. The Labute approximate surface area is 156 Å². The largest absolute Gasteiger partial charge is 0.379 e. The first-order valence-corrected chi connectivity index (χ1v) is 9.17. The van der Waals surface area contributed by atoms with E-state index in [0.29, 0.717) is 31.0 Å². The first-order chi connectivity index (χ1) is 13.0. The number of carbonyl (C=O) groups is 1. The Bertz CT molecular complexity index is 828. The van der Waals surface area contributed by atoms with E-state index < -0.39 is 11.6 Å². The zero-order chi connectivity index (χ0) is 19.0. The molecule has 2 aliphatic rings. The number of amides is 1. The van der Waals surface area contributed by atoms with Gasteiger partial charge in [-0.2, -0.15) is 0 Å². The number of nitrogens with zero attached hydrogens (tertiary/aromatic N) is 3. The van der Waals surface area contributed by atoms with Crippen LogP contribution >= 0.6 is 0 Å². The van der Waals surface area contributed by atoms with Crippen molar-refractivity contribution in [3.63, 3.8) is 0 Å². The van der Waals surface area contributed by atoms with Crippen molar-refractivity contribution in [3.8, 4) is 0 Å². The van der Waals surface area contributed by atoms with Gasteiger partial charge in [-0.15, -0.1) is 0 Å². The van der Waals surface area contributed by atoms with Crippen LogP contribution in [0.25, 0.3) is 0 Å². The normalized spacial score (nSPS) is 21.1. The fraction of sp³-hybridized carbons (Fsp3) is 0.474. The lowest BCUT2D eigenvalue weighted by atomic mass is 10.0. The van der Waals surface area contributed by atoms with Gasteiger partial charge in [0.15, 0.2) is 5.82 Å². The minimum atomic E-state index is -0.591. The number of benzene rings is 1. The summed E-state index contributed by atoms with van der Waals surface area (Å²) in [5.74, 6) is -0.0319. The number of hydrogen-bond donors (Lipinski definition) is 1. The molecule has 6 nitrogen and oxygen atoms in total. The van der Waals surface area contributed by atoms with Crippen molar-refractivity contribution in [1.29, 1.82) is 0 Å². The predicted molar refractivity (Wildman–Crippen MR) is 95.5 cm³/mol. The van der Waals surface area contributed by atoms with Gasteiger partial charge in [0.1, 0.15) is 17.5 Å². The molecule has 0 bridgehead atoms. The van der Waals surface area contributed by atoms with Gasteiger partial charge in [0.25, 0.3) is 0 Å². The van der Waals surface area contributed by atoms with E-state index in [1.807, 2.05) is 11.5 Å². The number of carbonyl (C=O) groups excluding carboxylic acids is 1. The third-order valence-corrected chi connectivity index (χ3v) is 5.28. The van der Waals surface area contributed by atoms with Gasteiger partial charge in [-0.05, 0) is 31.0 Å². The molecule has 0 spiro atoms. The molecule has 2 aliphatic heterocycles. The standard InChI is InChI=1S/C19H22F2N4O2/c1-12(24-4-6-27-7-5-24)19(26)23-17-11-25-16(2-3-18(25)22-17)13-8-14(20)10-15(21)9-13/h8-12,16H,2-7H2,1H3,(H,23,26)/t12-,16+/m0/s1. The van der Waals surface area contributed by atoms with Crippen molar-refractivity contribution >= 4 is 11.7 Å². The number of aromatic nitrogens is 2. The summed E-state index contributed by atoms with van der Waals surface area (Å²) in [4.78, 5) is 19.1. The summed E-state index contributed by atoms with van der Waals surface area (Å²) < 4.78 is 34.3. The highest BCUT2D eigenvalue weighted by atomic mass is 19.1. The SMILES string of the molecule is C[C@@H](C(=O)Nc1cn2c(n1)CC[C@@H]2c1cc(F)cc(F)c1)N1CCOCC1. The van der Waals surface area contributed by atoms with E-state index in [0.717, 1.165) is 31.4 Å². The summed E-state index contributed by atoms with van der Waals surface area (Å²) in [7, 11) is 0. The Morgan fingerprint density at radius 3 is 2.67 bits per heavy atom. The van der Waals surface area contributed by atoms with Crippen LogP contribution in [0.1, 0.15) is 30.8 Å². The molecular weight excluding hydrogens is 354 g/mol. The Kier molecular flexibility index (Phi) is 4.92. The molecule has 0 saturated carbocycles. The Morgan fingerprint density at radius 1 is 1.26 bits per heavy atom. The second-order valence-corrected chi connectivity index (χ2v) is 7.02. The minimum absolute atomic E-state index is 0.123. The van der Waals surface area contributed by atoms with Crippen molar-refractivity contribution in [1.82, 2.24) is 14.5 Å². The summed E-state index contributed by atoms with van der Waals surface area (Å²) in [6.45, 7) is 4.57. The summed E-state index contributed by atoms with van der Waals surface area (Å²) in [6.07, 6.45) is 3.17. The molecule has 1 amide bonds. The predicted octanol–water partition coefficient (Wildman–Crippen LogP) is 2.36. The fourth-order valence-electron chi connectivity index (χ4n) is 3.81. The quantitative estimate of drug-likeness (QED) is 0.890. The molecule has 0 radical (unpaired) electrons. The summed E-state index contributed by atoms with van der Waals surface area (Å²) >= 11 is 0. The van der Waals surface area contributed by atoms with E-state index in [4.69, 9.17) is 4.74 Å². The van der Waals surface area contributed by atoms with Crippen LogP contribution in [0, 0.1) is 11.6 Å². The monoisotopic (exact) mass is 376 g/mol. The van der Waals surface area contributed by atoms with Gasteiger partial charge >= 0.3 is 0 Å². The van der Waals surface area contributed by atoms with Gasteiger partial charge in [0, 0.05) is 31.8 Å². The molecule has 0 unspecified atom stereocenters. The van der Waals surface area contributed by atoms with E-state index in [1.165, 1.54) is 12.1 Å². The highest BCUT2D eigenvalue weighted by molar-refractivity contribution is 5.93. The molecule has 27 heavy (non-hydrogen) atoms. The van der Waals surface area contributed by atoms with Crippen LogP contribution in [0.2, 0.25) is 0 Å². The van der Waals surface area contributed by atoms with E-state index in [1.54, 1.807) is 6.20 Å². The molecular formula is C19H22F2N4O2. The molecule has 4 rings (SSSR count). The lowest BCUT2D eigenvalue weighted by Crippen LogP contribution is -2.47. The van der Waals surface area contributed by atoms with Crippen molar-refractivity contribution in [3.05, 3.63) is 47.4 Å². The number of anilines is 1. The van der Waals surface area contributed by atoms with Crippen molar-refractivity contribution < 1.29 is 18.3 Å². The molecule has 3 heterocycles. The smallest absolute Gasteiger partial charge is 0.242 e. The number of halogens is 2. The number of ether oxygens (including phenoxy) is 1. The first kappa shape index (κ1) is 18.1. The van der Waals surface area contributed by atoms with Crippen LogP contribution in [-0.2, 0) is 16.0 Å². The van der Waals surface area contributed by atoms with Gasteiger partial charge in [-0.25, -0.2) is 13.8 Å². The maximum absolute atomic E-state index is 13.6. The van der Waals surface area contributed by atoms with Crippen molar-refractivity contribution in [2.45, 2.75) is 31.8 Å². The van der Waals surface area contributed by atoms with Gasteiger partial charge in [0.05, 0.1) is 25.3 Å². The molecule has 1 aromatic heterocycles. The van der Waals surface area contributed by atoms with Crippen LogP contribution < -0.4 is 5.32 Å². The molecule has 1 saturated heterocycles. The van der Waals surface area contributed by atoms with Gasteiger partial charge < -0.3 is 14.6 Å². The second-order valence-electron chi connectivity index (χ2n) is 7.02. The van der Waals surface area contributed by atoms with Crippen molar-refractivity contribution in [2.24, 2.45) is 0 Å². The Hall–Kier alpha value is -2.32. The molecule has 1 aromatic carbocycles. The Balaban J connectivity index is 1.48. The van der Waals surface area contributed by atoms with Crippen molar-refractivity contribution in [2.75, 3.05) is 31.6 Å². The summed E-state index contributed by atoms with van der Waals surface area (Å²) in [5.41, 5.74) is 0.572. The second kappa shape index (κ2) is 7.36. The maximum atomic E-state index is 13.6. The highest BCUT2D eigenvalue weighted by Crippen LogP contribution is 2.33. The zero-order valence-corrected chi connectivity index (χ0v) is 15.1. The molecule has 8 heteroatoms. The highest BCUT2D eigenvalue weighted by Gasteiger charge is 2.28. The summed E-state index contributed by atoms with van der Waals surface area (Å²) in [5, 5.41) is 2.86. The summed E-state index contributed by atoms with van der Waals surface area (Å²) in [6, 6.07) is 3.10. The number of fused-ring (bicyclic) bond motifs is 1. The number of nitrogens with one attached hydrogen (secondary N) is 1. The average molecular weight is 376 g/mol. The lowest BCUT2D eigenvalue weighted by molar-refractivity contribution is -0.122. The molecule has 0 aliphatic carbocycles. The van der Waals surface area contributed by atoms with E-state index in [-0.39, 0.29) is 18.0 Å². The molecule has 1 fully saturated rings. The lowest BCUT2D eigenvalue weighted by Gasteiger charge is -2.31. The van der Waals surface area contributed by atoms with Crippen LogP contribution in [0.5, 0.6) is 0 Å². The van der Waals surface area contributed by atoms with Gasteiger partial charge in [-0.1, -0.05) is 0 Å².